The summed E-state index contributed by atoms with van der Waals surface area (Å²) in [4.78, 5) is 21.8. The van der Waals surface area contributed by atoms with Crippen molar-refractivity contribution in [3.8, 4) is 5.75 Å². The van der Waals surface area contributed by atoms with Crippen LogP contribution in [0.3, 0.4) is 0 Å². The molecule has 3 rings (SSSR count). The van der Waals surface area contributed by atoms with Crippen molar-refractivity contribution in [2.45, 2.75) is 17.9 Å². The lowest BCUT2D eigenvalue weighted by molar-refractivity contribution is -0.383. The van der Waals surface area contributed by atoms with Gasteiger partial charge in [0.1, 0.15) is 11.4 Å². The van der Waals surface area contributed by atoms with Crippen LogP contribution in [0.2, 0.25) is 5.02 Å². The number of nitrogens with one attached hydrogen (secondary N) is 2. The minimum Gasteiger partial charge on any atom is -0.479 e. The van der Waals surface area contributed by atoms with E-state index in [1.807, 2.05) is 0 Å². The Morgan fingerprint density at radius 2 is 2.00 bits per heavy atom. The molecule has 1 unspecified atom stereocenters. The Labute approximate surface area is 153 Å². The van der Waals surface area contributed by atoms with Gasteiger partial charge in [0.15, 0.2) is 6.10 Å². The molecule has 0 saturated carbocycles. The van der Waals surface area contributed by atoms with Gasteiger partial charge in [0.2, 0.25) is 0 Å². The van der Waals surface area contributed by atoms with Crippen LogP contribution in [0.15, 0.2) is 41.3 Å². The van der Waals surface area contributed by atoms with Gasteiger partial charge in [-0.3, -0.25) is 19.6 Å². The fraction of sp³-hybridized carbons (Fsp3) is 0.133. The molecular formula is C15H12ClN3O6S. The average molecular weight is 398 g/mol. The second kappa shape index (κ2) is 6.46. The maximum Gasteiger partial charge on any atom is 0.294 e. The zero-order valence-corrected chi connectivity index (χ0v) is 14.8. The molecule has 0 saturated heterocycles. The predicted molar refractivity (Wildman–Crippen MR) is 94.1 cm³/mol. The van der Waals surface area contributed by atoms with E-state index in [0.717, 1.165) is 6.07 Å². The molecule has 1 aliphatic rings. The summed E-state index contributed by atoms with van der Waals surface area (Å²) in [7, 11) is -4.15. The second-order valence-corrected chi connectivity index (χ2v) is 7.55. The molecule has 26 heavy (non-hydrogen) atoms. The molecule has 0 spiro atoms. The van der Waals surface area contributed by atoms with E-state index in [2.05, 4.69) is 10.0 Å². The molecule has 11 heteroatoms. The fourth-order valence-electron chi connectivity index (χ4n) is 2.30. The van der Waals surface area contributed by atoms with Crippen LogP contribution in [-0.4, -0.2) is 25.4 Å². The van der Waals surface area contributed by atoms with E-state index < -0.39 is 32.6 Å². The van der Waals surface area contributed by atoms with E-state index in [1.54, 1.807) is 6.92 Å². The number of benzene rings is 2. The van der Waals surface area contributed by atoms with Crippen LogP contribution in [0.1, 0.15) is 6.92 Å². The molecule has 1 atom stereocenters. The van der Waals surface area contributed by atoms with Crippen LogP contribution in [0.5, 0.6) is 5.75 Å². The van der Waals surface area contributed by atoms with Gasteiger partial charge in [-0.1, -0.05) is 11.6 Å². The Bertz CT molecular complexity index is 1020. The van der Waals surface area contributed by atoms with Gasteiger partial charge >= 0.3 is 0 Å². The number of anilines is 2. The van der Waals surface area contributed by atoms with Crippen LogP contribution in [0.25, 0.3) is 0 Å². The highest BCUT2D eigenvalue weighted by molar-refractivity contribution is 7.92. The quantitative estimate of drug-likeness (QED) is 0.603. The van der Waals surface area contributed by atoms with Crippen molar-refractivity contribution >= 4 is 44.6 Å². The van der Waals surface area contributed by atoms with Gasteiger partial charge in [0, 0.05) is 11.1 Å². The Morgan fingerprint density at radius 1 is 1.27 bits per heavy atom. The normalized spacial score (nSPS) is 16.2. The number of halogens is 1. The van der Waals surface area contributed by atoms with E-state index >= 15 is 0 Å². The largest absolute Gasteiger partial charge is 0.479 e. The molecule has 0 radical (unpaired) electrons. The number of sulfonamides is 1. The third-order valence-corrected chi connectivity index (χ3v) is 5.19. The molecule has 9 nitrogen and oxygen atoms in total. The molecular weight excluding hydrogens is 386 g/mol. The van der Waals surface area contributed by atoms with Gasteiger partial charge in [-0.15, -0.1) is 0 Å². The second-order valence-electron chi connectivity index (χ2n) is 5.43. The smallest absolute Gasteiger partial charge is 0.294 e. The zero-order chi connectivity index (χ0) is 19.1. The van der Waals surface area contributed by atoms with E-state index in [0.29, 0.717) is 5.75 Å². The molecule has 0 fully saturated rings. The zero-order valence-electron chi connectivity index (χ0n) is 13.2. The summed E-state index contributed by atoms with van der Waals surface area (Å²) in [5.74, 6) is -0.0816. The first kappa shape index (κ1) is 18.0. The lowest BCUT2D eigenvalue weighted by Crippen LogP contribution is -2.34. The van der Waals surface area contributed by atoms with E-state index in [1.165, 1.54) is 30.3 Å². The number of hydrogen-bond donors (Lipinski definition) is 2. The number of hydrogen-bond acceptors (Lipinski definition) is 6. The molecule has 1 heterocycles. The number of carbonyl (C=O) groups excluding carboxylic acids is 1. The van der Waals surface area contributed by atoms with Crippen molar-refractivity contribution in [3.63, 3.8) is 0 Å². The Balaban J connectivity index is 1.96. The summed E-state index contributed by atoms with van der Waals surface area (Å²) in [5.41, 5.74) is -0.517. The summed E-state index contributed by atoms with van der Waals surface area (Å²) in [6.45, 7) is 1.56. The summed E-state index contributed by atoms with van der Waals surface area (Å²) >= 11 is 5.72. The van der Waals surface area contributed by atoms with E-state index in [9.17, 15) is 23.3 Å². The Kier molecular flexibility index (Phi) is 4.46. The van der Waals surface area contributed by atoms with Crippen molar-refractivity contribution in [2.75, 3.05) is 10.0 Å². The number of nitrogens with zero attached hydrogens (tertiary/aromatic N) is 1. The standard InChI is InChI=1S/C15H12ClN3O6S/c1-8-15(20)17-12-7-10(3-5-14(12)25-8)26(23,24)18-11-4-2-9(16)6-13(11)19(21)22/h2-8,18H,1H3,(H,17,20). The van der Waals surface area contributed by atoms with Gasteiger partial charge < -0.3 is 10.1 Å². The Hall–Kier alpha value is -2.85. The molecule has 136 valence electrons. The van der Waals surface area contributed by atoms with Gasteiger partial charge in [-0.25, -0.2) is 8.42 Å². The molecule has 2 aromatic carbocycles. The lowest BCUT2D eigenvalue weighted by Gasteiger charge is -2.23. The van der Waals surface area contributed by atoms with Crippen molar-refractivity contribution in [3.05, 3.63) is 51.5 Å². The van der Waals surface area contributed by atoms with Crippen molar-refractivity contribution in [2.24, 2.45) is 0 Å². The highest BCUT2D eigenvalue weighted by Gasteiger charge is 2.27. The van der Waals surface area contributed by atoms with Crippen LogP contribution >= 0.6 is 11.6 Å². The topological polar surface area (TPSA) is 128 Å². The highest BCUT2D eigenvalue weighted by atomic mass is 35.5. The maximum absolute atomic E-state index is 12.6. The third-order valence-electron chi connectivity index (χ3n) is 3.59. The molecule has 0 bridgehead atoms. The van der Waals surface area contributed by atoms with Gasteiger partial charge in [0.25, 0.3) is 21.6 Å². The molecule has 0 aromatic heterocycles. The third kappa shape index (κ3) is 3.41. The Morgan fingerprint density at radius 3 is 2.69 bits per heavy atom. The first-order valence-electron chi connectivity index (χ1n) is 7.26. The van der Waals surface area contributed by atoms with Crippen LogP contribution in [0.4, 0.5) is 17.1 Å². The molecule has 0 aliphatic carbocycles. The molecule has 1 aliphatic heterocycles. The number of amides is 1. The number of carbonyl (C=O) groups is 1. The predicted octanol–water partition coefficient (Wildman–Crippen LogP) is 2.77. The first-order valence-corrected chi connectivity index (χ1v) is 9.12. The van der Waals surface area contributed by atoms with Crippen LogP contribution < -0.4 is 14.8 Å². The van der Waals surface area contributed by atoms with E-state index in [4.69, 9.17) is 16.3 Å². The van der Waals surface area contributed by atoms with Crippen molar-refractivity contribution in [1.29, 1.82) is 0 Å². The van der Waals surface area contributed by atoms with Gasteiger partial charge in [-0.05, 0) is 37.3 Å². The average Bonchev–Trinajstić information content (AvgIpc) is 2.56. The molecule has 2 aromatic rings. The van der Waals surface area contributed by atoms with Crippen LogP contribution in [-0.2, 0) is 14.8 Å². The van der Waals surface area contributed by atoms with Gasteiger partial charge in [0.05, 0.1) is 15.5 Å². The number of fused-ring (bicyclic) bond motifs is 1. The van der Waals surface area contributed by atoms with Crippen molar-refractivity contribution < 1.29 is 22.9 Å². The molecule has 1 amide bonds. The number of nitro benzene ring substituents is 1. The maximum atomic E-state index is 12.6. The SMILES string of the molecule is CC1Oc2ccc(S(=O)(=O)Nc3ccc(Cl)cc3[N+](=O)[O-])cc2NC1=O. The summed E-state index contributed by atoms with van der Waals surface area (Å²) < 4.78 is 32.7. The minimum atomic E-state index is -4.15. The number of nitro groups is 1. The molecule has 2 N–H and O–H groups in total. The highest BCUT2D eigenvalue weighted by Crippen LogP contribution is 2.34. The lowest BCUT2D eigenvalue weighted by atomic mass is 10.2. The summed E-state index contributed by atoms with van der Waals surface area (Å²) in [5, 5.41) is 13.7. The number of ether oxygens (including phenoxy) is 1. The summed E-state index contributed by atoms with van der Waals surface area (Å²) in [6, 6.07) is 7.45. The van der Waals surface area contributed by atoms with Crippen LogP contribution in [0, 0.1) is 10.1 Å². The first-order chi connectivity index (χ1) is 12.2. The van der Waals surface area contributed by atoms with Gasteiger partial charge in [-0.2, -0.15) is 0 Å². The number of rotatable bonds is 4. The minimum absolute atomic E-state index is 0.0995. The van der Waals surface area contributed by atoms with Crippen molar-refractivity contribution in [1.82, 2.24) is 0 Å². The fourth-order valence-corrected chi connectivity index (χ4v) is 3.57. The van der Waals surface area contributed by atoms with E-state index in [-0.39, 0.29) is 21.3 Å². The monoisotopic (exact) mass is 397 g/mol. The summed E-state index contributed by atoms with van der Waals surface area (Å²) in [6.07, 6.45) is -0.695.